The second-order valence-corrected chi connectivity index (χ2v) is 5.18. The van der Waals surface area contributed by atoms with E-state index in [-0.39, 0.29) is 0 Å². The summed E-state index contributed by atoms with van der Waals surface area (Å²) in [6.07, 6.45) is 0. The van der Waals surface area contributed by atoms with Crippen LogP contribution >= 0.6 is 11.3 Å². The zero-order chi connectivity index (χ0) is 14.4. The molecule has 0 saturated heterocycles. The highest BCUT2D eigenvalue weighted by atomic mass is 32.1. The number of rotatable bonds is 7. The molecule has 1 aromatic carbocycles. The summed E-state index contributed by atoms with van der Waals surface area (Å²) in [6, 6.07) is 7.72. The van der Waals surface area contributed by atoms with Crippen molar-refractivity contribution in [1.29, 1.82) is 0 Å². The monoisotopic (exact) mass is 292 g/mol. The van der Waals surface area contributed by atoms with Gasteiger partial charge in [-0.15, -0.1) is 11.3 Å². The van der Waals surface area contributed by atoms with Crippen molar-refractivity contribution in [3.05, 3.63) is 34.5 Å². The molecule has 0 saturated carbocycles. The highest BCUT2D eigenvalue weighted by Gasteiger charge is 2.07. The van der Waals surface area contributed by atoms with Crippen molar-refractivity contribution >= 4 is 22.7 Å². The summed E-state index contributed by atoms with van der Waals surface area (Å²) >= 11 is 1.64. The third-order valence-electron chi connectivity index (χ3n) is 2.78. The lowest BCUT2D eigenvalue weighted by Crippen LogP contribution is -2.04. The largest absolute Gasteiger partial charge is 0.494 e. The molecular formula is C15H20N2O2S. The molecule has 5 heteroatoms. The molecule has 3 N–H and O–H groups in total. The van der Waals surface area contributed by atoms with Gasteiger partial charge < -0.3 is 20.5 Å². The Balaban J connectivity index is 2.14. The molecule has 0 atom stereocenters. The third-order valence-corrected chi connectivity index (χ3v) is 3.72. The fourth-order valence-electron chi connectivity index (χ4n) is 1.85. The number of hydrogen-bond donors (Lipinski definition) is 2. The number of anilines is 2. The number of nitrogen functional groups attached to an aromatic ring is 1. The zero-order valence-electron chi connectivity index (χ0n) is 11.8. The van der Waals surface area contributed by atoms with Crippen molar-refractivity contribution in [1.82, 2.24) is 0 Å². The van der Waals surface area contributed by atoms with Crippen LogP contribution in [0.15, 0.2) is 29.6 Å². The quantitative estimate of drug-likeness (QED) is 0.816. The Bertz CT molecular complexity index is 555. The summed E-state index contributed by atoms with van der Waals surface area (Å²) < 4.78 is 11.1. The first-order chi connectivity index (χ1) is 9.74. The average Bonchev–Trinajstić information content (AvgIpc) is 2.85. The van der Waals surface area contributed by atoms with Gasteiger partial charge >= 0.3 is 0 Å². The molecular weight excluding hydrogens is 272 g/mol. The molecule has 20 heavy (non-hydrogen) atoms. The maximum absolute atomic E-state index is 5.89. The molecule has 2 aromatic rings. The molecule has 0 amide bonds. The molecule has 0 aliphatic rings. The summed E-state index contributed by atoms with van der Waals surface area (Å²) in [5.74, 6) is 1.66. The highest BCUT2D eigenvalue weighted by Crippen LogP contribution is 2.30. The van der Waals surface area contributed by atoms with E-state index in [4.69, 9.17) is 15.2 Å². The van der Waals surface area contributed by atoms with E-state index in [1.807, 2.05) is 43.5 Å². The van der Waals surface area contributed by atoms with Crippen molar-refractivity contribution in [2.24, 2.45) is 0 Å². The normalized spacial score (nSPS) is 10.3. The Kier molecular flexibility index (Phi) is 5.12. The molecule has 0 spiro atoms. The summed E-state index contributed by atoms with van der Waals surface area (Å²) in [5, 5.41) is 5.36. The Hall–Kier alpha value is -1.88. The minimum absolute atomic E-state index is 0.629. The first kappa shape index (κ1) is 14.5. The predicted molar refractivity (Wildman–Crippen MR) is 84.8 cm³/mol. The summed E-state index contributed by atoms with van der Waals surface area (Å²) in [4.78, 5) is 1.12. The molecule has 1 heterocycles. The van der Waals surface area contributed by atoms with E-state index >= 15 is 0 Å². The van der Waals surface area contributed by atoms with Gasteiger partial charge in [-0.3, -0.25) is 0 Å². The van der Waals surface area contributed by atoms with Crippen LogP contribution < -0.4 is 20.5 Å². The summed E-state index contributed by atoms with van der Waals surface area (Å²) in [7, 11) is 0. The SMILES string of the molecule is CCOc1ccc(OCC)c(NCc2sccc2N)c1. The first-order valence-electron chi connectivity index (χ1n) is 6.70. The summed E-state index contributed by atoms with van der Waals surface area (Å²) in [5.41, 5.74) is 7.64. The van der Waals surface area contributed by atoms with Crippen LogP contribution in [0.3, 0.4) is 0 Å². The van der Waals surface area contributed by atoms with Crippen molar-refractivity contribution < 1.29 is 9.47 Å². The number of hydrogen-bond acceptors (Lipinski definition) is 5. The third kappa shape index (κ3) is 3.57. The van der Waals surface area contributed by atoms with Crippen LogP contribution in [-0.4, -0.2) is 13.2 Å². The topological polar surface area (TPSA) is 56.5 Å². The molecule has 4 nitrogen and oxygen atoms in total. The lowest BCUT2D eigenvalue weighted by molar-refractivity contribution is 0.332. The van der Waals surface area contributed by atoms with Crippen molar-refractivity contribution in [3.8, 4) is 11.5 Å². The van der Waals surface area contributed by atoms with E-state index < -0.39 is 0 Å². The second kappa shape index (κ2) is 7.05. The van der Waals surface area contributed by atoms with Gasteiger partial charge in [0, 0.05) is 16.6 Å². The van der Waals surface area contributed by atoms with Gasteiger partial charge in [-0.2, -0.15) is 0 Å². The molecule has 0 aliphatic carbocycles. The maximum Gasteiger partial charge on any atom is 0.142 e. The Morgan fingerprint density at radius 3 is 2.60 bits per heavy atom. The van der Waals surface area contributed by atoms with Gasteiger partial charge in [0.05, 0.1) is 25.4 Å². The number of nitrogens with one attached hydrogen (secondary N) is 1. The van der Waals surface area contributed by atoms with Crippen LogP contribution in [0, 0.1) is 0 Å². The van der Waals surface area contributed by atoms with E-state index in [2.05, 4.69) is 5.32 Å². The summed E-state index contributed by atoms with van der Waals surface area (Å²) in [6.45, 7) is 5.89. The molecule has 0 bridgehead atoms. The van der Waals surface area contributed by atoms with Gasteiger partial charge in [0.2, 0.25) is 0 Å². The number of benzene rings is 1. The molecule has 0 aliphatic heterocycles. The Morgan fingerprint density at radius 1 is 1.15 bits per heavy atom. The Labute approximate surface area is 123 Å². The molecule has 0 radical (unpaired) electrons. The predicted octanol–water partition coefficient (Wildman–Crippen LogP) is 3.74. The zero-order valence-corrected chi connectivity index (χ0v) is 12.6. The van der Waals surface area contributed by atoms with Gasteiger partial charge in [-0.25, -0.2) is 0 Å². The standard InChI is InChI=1S/C15H20N2O2S/c1-3-18-11-5-6-14(19-4-2)13(9-11)17-10-15-12(16)7-8-20-15/h5-9,17H,3-4,10,16H2,1-2H3. The average molecular weight is 292 g/mol. The van der Waals surface area contributed by atoms with Crippen LogP contribution in [0.5, 0.6) is 11.5 Å². The minimum Gasteiger partial charge on any atom is -0.494 e. The fourth-order valence-corrected chi connectivity index (χ4v) is 2.59. The van der Waals surface area contributed by atoms with E-state index in [9.17, 15) is 0 Å². The number of nitrogens with two attached hydrogens (primary N) is 1. The van der Waals surface area contributed by atoms with Gasteiger partial charge in [-0.05, 0) is 37.4 Å². The van der Waals surface area contributed by atoms with Crippen molar-refractivity contribution in [2.45, 2.75) is 20.4 Å². The van der Waals surface area contributed by atoms with Crippen molar-refractivity contribution in [3.63, 3.8) is 0 Å². The van der Waals surface area contributed by atoms with Gasteiger partial charge in [0.25, 0.3) is 0 Å². The van der Waals surface area contributed by atoms with Gasteiger partial charge in [-0.1, -0.05) is 0 Å². The maximum atomic E-state index is 5.89. The smallest absolute Gasteiger partial charge is 0.142 e. The highest BCUT2D eigenvalue weighted by molar-refractivity contribution is 7.10. The van der Waals surface area contributed by atoms with E-state index in [0.717, 1.165) is 27.8 Å². The van der Waals surface area contributed by atoms with Crippen LogP contribution in [0.4, 0.5) is 11.4 Å². The Morgan fingerprint density at radius 2 is 1.95 bits per heavy atom. The van der Waals surface area contributed by atoms with Crippen LogP contribution in [-0.2, 0) is 6.54 Å². The number of thiophene rings is 1. The number of ether oxygens (including phenoxy) is 2. The van der Waals surface area contributed by atoms with Crippen LogP contribution in [0.25, 0.3) is 0 Å². The van der Waals surface area contributed by atoms with Gasteiger partial charge in [0.15, 0.2) is 0 Å². The lowest BCUT2D eigenvalue weighted by Gasteiger charge is -2.14. The first-order valence-corrected chi connectivity index (χ1v) is 7.58. The van der Waals surface area contributed by atoms with Crippen LogP contribution in [0.2, 0.25) is 0 Å². The molecule has 1 aromatic heterocycles. The molecule has 2 rings (SSSR count). The second-order valence-electron chi connectivity index (χ2n) is 4.18. The van der Waals surface area contributed by atoms with Gasteiger partial charge in [0.1, 0.15) is 11.5 Å². The van der Waals surface area contributed by atoms with Crippen LogP contribution in [0.1, 0.15) is 18.7 Å². The lowest BCUT2D eigenvalue weighted by atomic mass is 10.2. The fraction of sp³-hybridized carbons (Fsp3) is 0.333. The minimum atomic E-state index is 0.629. The van der Waals surface area contributed by atoms with E-state index in [1.165, 1.54) is 0 Å². The van der Waals surface area contributed by atoms with E-state index in [1.54, 1.807) is 11.3 Å². The molecule has 108 valence electrons. The van der Waals surface area contributed by atoms with Crippen molar-refractivity contribution in [2.75, 3.05) is 24.3 Å². The molecule has 0 unspecified atom stereocenters. The molecule has 0 fully saturated rings. The van der Waals surface area contributed by atoms with E-state index in [0.29, 0.717) is 19.8 Å².